The van der Waals surface area contributed by atoms with Crippen molar-refractivity contribution in [1.82, 2.24) is 14.7 Å². The predicted molar refractivity (Wildman–Crippen MR) is 106 cm³/mol. The summed E-state index contributed by atoms with van der Waals surface area (Å²) in [6, 6.07) is 15.5. The molecule has 4 rings (SSSR count). The average molecular weight is 377 g/mol. The van der Waals surface area contributed by atoms with E-state index in [0.717, 1.165) is 29.2 Å². The molecule has 0 radical (unpaired) electrons. The first kappa shape index (κ1) is 18.1. The van der Waals surface area contributed by atoms with Gasteiger partial charge in [0, 0.05) is 19.3 Å². The van der Waals surface area contributed by atoms with Crippen molar-refractivity contribution < 1.29 is 14.3 Å². The molecule has 28 heavy (non-hydrogen) atoms. The highest BCUT2D eigenvalue weighted by atomic mass is 16.5. The SMILES string of the molecule is CCOc1ccc2c(c1)CN(C(=O)c1ccn(-c3ccc(OC)cc3)n1)CC2. The van der Waals surface area contributed by atoms with Crippen LogP contribution in [0.3, 0.4) is 0 Å². The molecule has 144 valence electrons. The molecule has 2 aromatic carbocycles. The number of aromatic nitrogens is 2. The van der Waals surface area contributed by atoms with E-state index in [1.54, 1.807) is 24.1 Å². The molecule has 0 aliphatic carbocycles. The average Bonchev–Trinajstić information content (AvgIpc) is 3.23. The minimum Gasteiger partial charge on any atom is -0.497 e. The van der Waals surface area contributed by atoms with Gasteiger partial charge in [-0.05, 0) is 66.9 Å². The molecule has 2 heterocycles. The second-order valence-electron chi connectivity index (χ2n) is 6.68. The summed E-state index contributed by atoms with van der Waals surface area (Å²) < 4.78 is 12.5. The zero-order valence-corrected chi connectivity index (χ0v) is 16.1. The monoisotopic (exact) mass is 377 g/mol. The lowest BCUT2D eigenvalue weighted by molar-refractivity contribution is 0.0728. The van der Waals surface area contributed by atoms with Crippen LogP contribution in [0.2, 0.25) is 0 Å². The normalized spacial score (nSPS) is 13.1. The molecule has 0 spiro atoms. The predicted octanol–water partition coefficient (Wildman–Crippen LogP) is 3.48. The standard InChI is InChI=1S/C22H23N3O3/c1-3-28-20-7-4-16-10-12-24(15-17(16)14-20)22(26)21-11-13-25(23-21)18-5-8-19(27-2)9-6-18/h4-9,11,13-14H,3,10,12,15H2,1-2H3. The summed E-state index contributed by atoms with van der Waals surface area (Å²) in [4.78, 5) is 14.8. The molecule has 1 aromatic heterocycles. The summed E-state index contributed by atoms with van der Waals surface area (Å²) in [6.07, 6.45) is 2.65. The van der Waals surface area contributed by atoms with E-state index in [2.05, 4.69) is 11.2 Å². The molecule has 0 saturated carbocycles. The maximum Gasteiger partial charge on any atom is 0.274 e. The first-order valence-corrected chi connectivity index (χ1v) is 9.42. The van der Waals surface area contributed by atoms with Gasteiger partial charge in [0.1, 0.15) is 11.5 Å². The van der Waals surface area contributed by atoms with Crippen molar-refractivity contribution in [1.29, 1.82) is 0 Å². The van der Waals surface area contributed by atoms with E-state index in [9.17, 15) is 4.79 Å². The second kappa shape index (κ2) is 7.76. The lowest BCUT2D eigenvalue weighted by atomic mass is 9.99. The first-order chi connectivity index (χ1) is 13.7. The lowest BCUT2D eigenvalue weighted by Crippen LogP contribution is -2.36. The van der Waals surface area contributed by atoms with Crippen molar-refractivity contribution in [3.05, 3.63) is 71.5 Å². The molecule has 1 aliphatic heterocycles. The number of amides is 1. The minimum atomic E-state index is -0.0558. The first-order valence-electron chi connectivity index (χ1n) is 9.42. The van der Waals surface area contributed by atoms with Crippen LogP contribution in [0, 0.1) is 0 Å². The van der Waals surface area contributed by atoms with Crippen molar-refractivity contribution in [2.75, 3.05) is 20.3 Å². The van der Waals surface area contributed by atoms with E-state index in [4.69, 9.17) is 9.47 Å². The third kappa shape index (κ3) is 3.58. The molecule has 0 N–H and O–H groups in total. The number of carbonyl (C=O) groups excluding carboxylic acids is 1. The number of ether oxygens (including phenoxy) is 2. The van der Waals surface area contributed by atoms with Crippen LogP contribution in [0.5, 0.6) is 11.5 Å². The third-order valence-corrected chi connectivity index (χ3v) is 4.93. The fraction of sp³-hybridized carbons (Fsp3) is 0.273. The molecule has 6 nitrogen and oxygen atoms in total. The largest absolute Gasteiger partial charge is 0.497 e. The van der Waals surface area contributed by atoms with Crippen LogP contribution in [-0.4, -0.2) is 40.8 Å². The molecule has 6 heteroatoms. The van der Waals surface area contributed by atoms with Crippen molar-refractivity contribution in [3.8, 4) is 17.2 Å². The Morgan fingerprint density at radius 3 is 2.61 bits per heavy atom. The Bertz CT molecular complexity index is 979. The Hall–Kier alpha value is -3.28. The van der Waals surface area contributed by atoms with Crippen LogP contribution >= 0.6 is 0 Å². The Balaban J connectivity index is 1.50. The molecule has 1 amide bonds. The number of fused-ring (bicyclic) bond motifs is 1. The van der Waals surface area contributed by atoms with Crippen LogP contribution in [-0.2, 0) is 13.0 Å². The zero-order chi connectivity index (χ0) is 19.5. The highest BCUT2D eigenvalue weighted by molar-refractivity contribution is 5.92. The molecule has 0 saturated heterocycles. The Kier molecular flexibility index (Phi) is 5.02. The fourth-order valence-corrected chi connectivity index (χ4v) is 3.44. The number of nitrogens with zero attached hydrogens (tertiary/aromatic N) is 3. The van der Waals surface area contributed by atoms with E-state index < -0.39 is 0 Å². The van der Waals surface area contributed by atoms with Crippen LogP contribution in [0.4, 0.5) is 0 Å². The van der Waals surface area contributed by atoms with Gasteiger partial charge in [-0.15, -0.1) is 0 Å². The van der Waals surface area contributed by atoms with Crippen molar-refractivity contribution in [2.24, 2.45) is 0 Å². The number of rotatable bonds is 5. The molecule has 0 bridgehead atoms. The van der Waals surface area contributed by atoms with Crippen molar-refractivity contribution in [2.45, 2.75) is 19.9 Å². The van der Waals surface area contributed by atoms with Gasteiger partial charge in [0.05, 0.1) is 19.4 Å². The Morgan fingerprint density at radius 2 is 1.86 bits per heavy atom. The fourth-order valence-electron chi connectivity index (χ4n) is 3.44. The molecule has 1 aliphatic rings. The molecule has 0 atom stereocenters. The lowest BCUT2D eigenvalue weighted by Gasteiger charge is -2.28. The minimum absolute atomic E-state index is 0.0558. The summed E-state index contributed by atoms with van der Waals surface area (Å²) in [5, 5.41) is 4.47. The summed E-state index contributed by atoms with van der Waals surface area (Å²) in [7, 11) is 1.63. The number of hydrogen-bond acceptors (Lipinski definition) is 4. The van der Waals surface area contributed by atoms with Crippen molar-refractivity contribution in [3.63, 3.8) is 0 Å². The van der Waals surface area contributed by atoms with Gasteiger partial charge >= 0.3 is 0 Å². The Labute approximate surface area is 164 Å². The topological polar surface area (TPSA) is 56.6 Å². The second-order valence-corrected chi connectivity index (χ2v) is 6.68. The van der Waals surface area contributed by atoms with Gasteiger partial charge in [0.2, 0.25) is 0 Å². The molecule has 0 fully saturated rings. The Morgan fingerprint density at radius 1 is 1.07 bits per heavy atom. The van der Waals surface area contributed by atoms with Gasteiger partial charge in [-0.1, -0.05) is 6.07 Å². The number of methoxy groups -OCH3 is 1. The molecule has 0 unspecified atom stereocenters. The number of carbonyl (C=O) groups is 1. The third-order valence-electron chi connectivity index (χ3n) is 4.93. The van der Waals surface area contributed by atoms with Gasteiger partial charge in [-0.3, -0.25) is 4.79 Å². The van der Waals surface area contributed by atoms with Crippen LogP contribution < -0.4 is 9.47 Å². The van der Waals surface area contributed by atoms with E-state index in [0.29, 0.717) is 25.4 Å². The zero-order valence-electron chi connectivity index (χ0n) is 16.1. The van der Waals surface area contributed by atoms with Crippen LogP contribution in [0.15, 0.2) is 54.7 Å². The van der Waals surface area contributed by atoms with Gasteiger partial charge in [-0.2, -0.15) is 5.10 Å². The highest BCUT2D eigenvalue weighted by Crippen LogP contribution is 2.25. The van der Waals surface area contributed by atoms with Gasteiger partial charge in [0.25, 0.3) is 5.91 Å². The smallest absolute Gasteiger partial charge is 0.274 e. The molecular weight excluding hydrogens is 354 g/mol. The highest BCUT2D eigenvalue weighted by Gasteiger charge is 2.24. The van der Waals surface area contributed by atoms with Crippen molar-refractivity contribution >= 4 is 5.91 Å². The van der Waals surface area contributed by atoms with E-state index in [1.165, 1.54) is 5.56 Å². The van der Waals surface area contributed by atoms with Crippen LogP contribution in [0.25, 0.3) is 5.69 Å². The maximum absolute atomic E-state index is 13.0. The van der Waals surface area contributed by atoms with Gasteiger partial charge in [0.15, 0.2) is 5.69 Å². The quantitative estimate of drug-likeness (QED) is 0.683. The van der Waals surface area contributed by atoms with E-state index >= 15 is 0 Å². The number of hydrogen-bond donors (Lipinski definition) is 0. The van der Waals surface area contributed by atoms with E-state index in [-0.39, 0.29) is 5.91 Å². The summed E-state index contributed by atoms with van der Waals surface area (Å²) in [5.41, 5.74) is 3.74. The van der Waals surface area contributed by atoms with Crippen LogP contribution in [0.1, 0.15) is 28.5 Å². The van der Waals surface area contributed by atoms with Gasteiger partial charge < -0.3 is 14.4 Å². The molecular formula is C22H23N3O3. The van der Waals surface area contributed by atoms with E-state index in [1.807, 2.05) is 48.2 Å². The number of benzene rings is 2. The van der Waals surface area contributed by atoms with Gasteiger partial charge in [-0.25, -0.2) is 4.68 Å². The summed E-state index contributed by atoms with van der Waals surface area (Å²) >= 11 is 0. The molecule has 3 aromatic rings. The maximum atomic E-state index is 13.0. The summed E-state index contributed by atoms with van der Waals surface area (Å²) in [6.45, 7) is 3.86. The summed E-state index contributed by atoms with van der Waals surface area (Å²) in [5.74, 6) is 1.57.